The lowest BCUT2D eigenvalue weighted by Gasteiger charge is -2.09. The molecule has 0 saturated heterocycles. The Hall–Kier alpha value is -4.09. The van der Waals surface area contributed by atoms with Gasteiger partial charge in [0.05, 0.1) is 22.2 Å². The maximum atomic E-state index is 5.01. The monoisotopic (exact) mass is 428 g/mol. The molecular weight excluding hydrogens is 412 g/mol. The van der Waals surface area contributed by atoms with Crippen molar-refractivity contribution in [2.24, 2.45) is 0 Å². The van der Waals surface area contributed by atoms with Crippen molar-refractivity contribution in [3.8, 4) is 17.1 Å². The molecule has 5 heterocycles. The zero-order valence-corrected chi connectivity index (χ0v) is 17.8. The molecule has 0 atom stereocenters. The fourth-order valence-corrected chi connectivity index (χ4v) is 5.64. The van der Waals surface area contributed by atoms with E-state index in [9.17, 15) is 0 Å². The number of hydrogen-bond acceptors (Lipinski definition) is 4. The molecule has 0 saturated carbocycles. The molecule has 7 aromatic rings. The Balaban J connectivity index is 1.57. The van der Waals surface area contributed by atoms with Gasteiger partial charge in [-0.3, -0.25) is 14.5 Å². The van der Waals surface area contributed by atoms with E-state index in [1.165, 1.54) is 20.2 Å². The summed E-state index contributed by atoms with van der Waals surface area (Å²) < 4.78 is 4.79. The summed E-state index contributed by atoms with van der Waals surface area (Å²) in [6.07, 6.45) is 5.49. The van der Waals surface area contributed by atoms with Gasteiger partial charge in [-0.05, 0) is 54.6 Å². The predicted octanol–water partition coefficient (Wildman–Crippen LogP) is 7.00. The van der Waals surface area contributed by atoms with Crippen LogP contribution in [0.25, 0.3) is 59.2 Å². The van der Waals surface area contributed by atoms with Crippen molar-refractivity contribution < 1.29 is 0 Å². The van der Waals surface area contributed by atoms with Gasteiger partial charge in [0.2, 0.25) is 0 Å². The first-order chi connectivity index (χ1) is 15.9. The summed E-state index contributed by atoms with van der Waals surface area (Å²) in [5.74, 6) is 0.875. The Bertz CT molecular complexity index is 1780. The quantitative estimate of drug-likeness (QED) is 0.298. The largest absolute Gasteiger partial charge is 0.292 e. The molecule has 4 nitrogen and oxygen atoms in total. The van der Waals surface area contributed by atoms with E-state index >= 15 is 0 Å². The molecule has 0 amide bonds. The zero-order valence-electron chi connectivity index (χ0n) is 16.9. The highest BCUT2D eigenvalue weighted by atomic mass is 32.1. The minimum absolute atomic E-state index is 0.875. The van der Waals surface area contributed by atoms with Crippen LogP contribution in [0.4, 0.5) is 0 Å². The summed E-state index contributed by atoms with van der Waals surface area (Å²) >= 11 is 1.83. The molecule has 150 valence electrons. The SMILES string of the molecule is c1cncc(-c2cccc(-n3c4cc5sc6ccccc6c5cc4c4ncccc43)n2)c1. The number of aromatic nitrogens is 4. The molecule has 0 unspecified atom stereocenters. The van der Waals surface area contributed by atoms with E-state index in [1.807, 2.05) is 48.0 Å². The van der Waals surface area contributed by atoms with Gasteiger partial charge in [0.25, 0.3) is 0 Å². The van der Waals surface area contributed by atoms with Crippen molar-refractivity contribution in [1.82, 2.24) is 19.5 Å². The molecule has 32 heavy (non-hydrogen) atoms. The summed E-state index contributed by atoms with van der Waals surface area (Å²) in [5.41, 5.74) is 5.07. The van der Waals surface area contributed by atoms with Crippen LogP contribution in [0.5, 0.6) is 0 Å². The number of hydrogen-bond donors (Lipinski definition) is 0. The van der Waals surface area contributed by atoms with Crippen molar-refractivity contribution in [3.05, 3.63) is 97.5 Å². The number of benzene rings is 2. The maximum Gasteiger partial charge on any atom is 0.138 e. The van der Waals surface area contributed by atoms with Gasteiger partial charge < -0.3 is 0 Å². The normalized spacial score (nSPS) is 11.8. The third-order valence-corrected chi connectivity index (χ3v) is 7.07. The van der Waals surface area contributed by atoms with E-state index < -0.39 is 0 Å². The minimum Gasteiger partial charge on any atom is -0.292 e. The second-order valence-corrected chi connectivity index (χ2v) is 8.88. The van der Waals surface area contributed by atoms with E-state index in [4.69, 9.17) is 9.97 Å². The molecule has 0 radical (unpaired) electrons. The molecule has 0 fully saturated rings. The summed E-state index contributed by atoms with van der Waals surface area (Å²) in [4.78, 5) is 14.0. The van der Waals surface area contributed by atoms with Crippen LogP contribution in [0.2, 0.25) is 0 Å². The molecule has 0 aliphatic carbocycles. The molecule has 2 aromatic carbocycles. The van der Waals surface area contributed by atoms with Gasteiger partial charge in [0.15, 0.2) is 0 Å². The highest BCUT2D eigenvalue weighted by molar-refractivity contribution is 7.25. The summed E-state index contributed by atoms with van der Waals surface area (Å²) in [7, 11) is 0. The van der Waals surface area contributed by atoms with E-state index in [0.717, 1.165) is 39.0 Å². The molecule has 0 spiro atoms. The Labute approximate surface area is 187 Å². The predicted molar refractivity (Wildman–Crippen MR) is 132 cm³/mol. The molecule has 5 aromatic heterocycles. The number of fused-ring (bicyclic) bond motifs is 6. The molecule has 0 bridgehead atoms. The molecule has 0 aliphatic heterocycles. The first-order valence-electron chi connectivity index (χ1n) is 10.4. The van der Waals surface area contributed by atoms with Crippen molar-refractivity contribution in [1.29, 1.82) is 0 Å². The first-order valence-corrected chi connectivity index (χ1v) is 11.3. The van der Waals surface area contributed by atoms with E-state index in [2.05, 4.69) is 64.1 Å². The lowest BCUT2D eigenvalue weighted by atomic mass is 10.1. The van der Waals surface area contributed by atoms with Crippen LogP contribution >= 0.6 is 11.3 Å². The van der Waals surface area contributed by atoms with Gasteiger partial charge in [0.1, 0.15) is 5.82 Å². The molecule has 0 N–H and O–H groups in total. The molecule has 7 rings (SSSR count). The number of nitrogens with zero attached hydrogens (tertiary/aromatic N) is 4. The summed E-state index contributed by atoms with van der Waals surface area (Å²) in [6.45, 7) is 0. The summed E-state index contributed by atoms with van der Waals surface area (Å²) in [5, 5.41) is 3.72. The van der Waals surface area contributed by atoms with Gasteiger partial charge in [-0.25, -0.2) is 4.98 Å². The van der Waals surface area contributed by atoms with Crippen LogP contribution in [0.3, 0.4) is 0 Å². The lowest BCUT2D eigenvalue weighted by molar-refractivity contribution is 1.08. The Morgan fingerprint density at radius 3 is 2.56 bits per heavy atom. The third kappa shape index (κ3) is 2.52. The van der Waals surface area contributed by atoms with Crippen LogP contribution in [0.15, 0.2) is 97.5 Å². The first kappa shape index (κ1) is 17.6. The molecular formula is C27H16N4S. The third-order valence-electron chi connectivity index (χ3n) is 5.94. The Morgan fingerprint density at radius 2 is 1.62 bits per heavy atom. The minimum atomic E-state index is 0.875. The second kappa shape index (κ2) is 6.70. The van der Waals surface area contributed by atoms with Gasteiger partial charge in [-0.15, -0.1) is 11.3 Å². The van der Waals surface area contributed by atoms with E-state index in [1.54, 1.807) is 6.20 Å². The number of thiophene rings is 1. The zero-order chi connectivity index (χ0) is 21.1. The van der Waals surface area contributed by atoms with Crippen LogP contribution in [-0.4, -0.2) is 19.5 Å². The van der Waals surface area contributed by atoms with Crippen molar-refractivity contribution >= 4 is 53.4 Å². The summed E-state index contributed by atoms with van der Waals surface area (Å²) in [6, 6.07) is 27.4. The maximum absolute atomic E-state index is 5.01. The fraction of sp³-hybridized carbons (Fsp3) is 0. The van der Waals surface area contributed by atoms with Crippen LogP contribution in [0, 0.1) is 0 Å². The average molecular weight is 429 g/mol. The van der Waals surface area contributed by atoms with E-state index in [0.29, 0.717) is 0 Å². The van der Waals surface area contributed by atoms with Crippen LogP contribution in [0.1, 0.15) is 0 Å². The van der Waals surface area contributed by atoms with Crippen molar-refractivity contribution in [2.45, 2.75) is 0 Å². The highest BCUT2D eigenvalue weighted by Gasteiger charge is 2.17. The Morgan fingerprint density at radius 1 is 0.688 bits per heavy atom. The van der Waals surface area contributed by atoms with Gasteiger partial charge >= 0.3 is 0 Å². The number of rotatable bonds is 2. The van der Waals surface area contributed by atoms with Gasteiger partial charge in [-0.2, -0.15) is 0 Å². The smallest absolute Gasteiger partial charge is 0.138 e. The second-order valence-electron chi connectivity index (χ2n) is 7.79. The van der Waals surface area contributed by atoms with Crippen LogP contribution < -0.4 is 0 Å². The Kier molecular flexibility index (Phi) is 3.68. The fourth-order valence-electron chi connectivity index (χ4n) is 4.52. The van der Waals surface area contributed by atoms with Gasteiger partial charge in [0, 0.05) is 49.7 Å². The number of pyridine rings is 3. The average Bonchev–Trinajstić information content (AvgIpc) is 3.38. The molecule has 5 heteroatoms. The van der Waals surface area contributed by atoms with Crippen LogP contribution in [-0.2, 0) is 0 Å². The van der Waals surface area contributed by atoms with E-state index in [-0.39, 0.29) is 0 Å². The highest BCUT2D eigenvalue weighted by Crippen LogP contribution is 2.39. The van der Waals surface area contributed by atoms with Crippen molar-refractivity contribution in [2.75, 3.05) is 0 Å². The topological polar surface area (TPSA) is 43.6 Å². The van der Waals surface area contributed by atoms with Crippen molar-refractivity contribution in [3.63, 3.8) is 0 Å². The standard InChI is InChI=1S/C27H16N4S/c1-2-10-24-18(7-1)19-14-20-23(15-25(19)32-24)31(22-9-5-13-29-27(20)22)26-11-3-8-21(30-26)17-6-4-12-28-16-17/h1-16H. The molecule has 0 aliphatic rings. The van der Waals surface area contributed by atoms with Gasteiger partial charge in [-0.1, -0.05) is 24.3 Å². The lowest BCUT2D eigenvalue weighted by Crippen LogP contribution is -1.98.